The van der Waals surface area contributed by atoms with Crippen LogP contribution in [0.15, 0.2) is 36.7 Å². The summed E-state index contributed by atoms with van der Waals surface area (Å²) < 4.78 is 14.3. The van der Waals surface area contributed by atoms with E-state index in [1.165, 1.54) is 12.1 Å². The fraction of sp³-hybridized carbons (Fsp3) is 0.167. The first-order valence-corrected chi connectivity index (χ1v) is 5.11. The molecule has 0 bridgehead atoms. The van der Waals surface area contributed by atoms with E-state index < -0.39 is 5.97 Å². The third-order valence-corrected chi connectivity index (χ3v) is 2.38. The Bertz CT molecular complexity index is 520. The van der Waals surface area contributed by atoms with Gasteiger partial charge in [-0.05, 0) is 17.7 Å². The van der Waals surface area contributed by atoms with Gasteiger partial charge in [0, 0.05) is 18.8 Å². The number of hydrogen-bond donors (Lipinski definition) is 1. The van der Waals surface area contributed by atoms with Crippen molar-refractivity contribution < 1.29 is 14.3 Å². The van der Waals surface area contributed by atoms with E-state index in [1.807, 2.05) is 0 Å². The van der Waals surface area contributed by atoms with Gasteiger partial charge in [-0.3, -0.25) is 4.79 Å². The summed E-state index contributed by atoms with van der Waals surface area (Å²) in [6.07, 6.45) is 3.66. The van der Waals surface area contributed by atoms with E-state index in [4.69, 9.17) is 5.11 Å². The summed E-state index contributed by atoms with van der Waals surface area (Å²) in [5.74, 6) is -0.551. The molecule has 4 nitrogen and oxygen atoms in total. The SMILES string of the molecule is O=C(O)Cn1ccnc1Cc1ccc(F)cc1. The lowest BCUT2D eigenvalue weighted by Gasteiger charge is -2.05. The largest absolute Gasteiger partial charge is 0.480 e. The Balaban J connectivity index is 2.15. The smallest absolute Gasteiger partial charge is 0.323 e. The zero-order valence-electron chi connectivity index (χ0n) is 9.01. The molecule has 0 atom stereocenters. The van der Waals surface area contributed by atoms with E-state index in [2.05, 4.69) is 4.98 Å². The lowest BCUT2D eigenvalue weighted by molar-refractivity contribution is -0.137. The van der Waals surface area contributed by atoms with E-state index >= 15 is 0 Å². The van der Waals surface area contributed by atoms with Crippen molar-refractivity contribution in [3.05, 3.63) is 53.9 Å². The van der Waals surface area contributed by atoms with Gasteiger partial charge >= 0.3 is 5.97 Å². The number of aliphatic carboxylic acids is 1. The van der Waals surface area contributed by atoms with Gasteiger partial charge in [-0.15, -0.1) is 0 Å². The first-order chi connectivity index (χ1) is 8.15. The van der Waals surface area contributed by atoms with Crippen molar-refractivity contribution in [3.8, 4) is 0 Å². The maximum absolute atomic E-state index is 12.7. The molecule has 0 fully saturated rings. The second-order valence-corrected chi connectivity index (χ2v) is 3.67. The summed E-state index contributed by atoms with van der Waals surface area (Å²) in [5, 5.41) is 8.71. The molecule has 17 heavy (non-hydrogen) atoms. The summed E-state index contributed by atoms with van der Waals surface area (Å²) >= 11 is 0. The summed E-state index contributed by atoms with van der Waals surface area (Å²) in [6.45, 7) is -0.115. The zero-order chi connectivity index (χ0) is 12.3. The molecular weight excluding hydrogens is 223 g/mol. The van der Waals surface area contributed by atoms with Crippen LogP contribution in [-0.2, 0) is 17.8 Å². The maximum Gasteiger partial charge on any atom is 0.323 e. The molecule has 1 N–H and O–H groups in total. The first-order valence-electron chi connectivity index (χ1n) is 5.11. The molecule has 0 saturated carbocycles. The van der Waals surface area contributed by atoms with E-state index in [9.17, 15) is 9.18 Å². The zero-order valence-corrected chi connectivity index (χ0v) is 9.01. The molecule has 0 spiro atoms. The van der Waals surface area contributed by atoms with Gasteiger partial charge in [0.1, 0.15) is 18.2 Å². The number of imidazole rings is 1. The summed E-state index contributed by atoms with van der Waals surface area (Å²) in [4.78, 5) is 14.7. The number of nitrogens with zero attached hydrogens (tertiary/aromatic N) is 2. The number of carboxylic acid groups (broad SMARTS) is 1. The van der Waals surface area contributed by atoms with Crippen LogP contribution in [0.1, 0.15) is 11.4 Å². The highest BCUT2D eigenvalue weighted by Gasteiger charge is 2.07. The Hall–Kier alpha value is -2.17. The molecule has 2 aromatic rings. The molecule has 2 rings (SSSR count). The molecule has 1 heterocycles. The van der Waals surface area contributed by atoms with Crippen LogP contribution in [0.2, 0.25) is 0 Å². The Kier molecular flexibility index (Phi) is 3.18. The third-order valence-electron chi connectivity index (χ3n) is 2.38. The highest BCUT2D eigenvalue weighted by molar-refractivity contribution is 5.66. The predicted octanol–water partition coefficient (Wildman–Crippen LogP) is 1.70. The quantitative estimate of drug-likeness (QED) is 0.875. The lowest BCUT2D eigenvalue weighted by atomic mass is 10.1. The molecule has 1 aromatic heterocycles. The molecule has 0 unspecified atom stereocenters. The normalized spacial score (nSPS) is 10.4. The number of benzene rings is 1. The van der Waals surface area contributed by atoms with Crippen LogP contribution in [0.4, 0.5) is 4.39 Å². The van der Waals surface area contributed by atoms with Gasteiger partial charge < -0.3 is 9.67 Å². The van der Waals surface area contributed by atoms with Crippen LogP contribution in [0.3, 0.4) is 0 Å². The van der Waals surface area contributed by atoms with Crippen LogP contribution in [-0.4, -0.2) is 20.6 Å². The molecule has 0 radical (unpaired) electrons. The number of carboxylic acids is 1. The van der Waals surface area contributed by atoms with Gasteiger partial charge in [0.15, 0.2) is 0 Å². The number of hydrogen-bond acceptors (Lipinski definition) is 2. The van der Waals surface area contributed by atoms with E-state index in [0.717, 1.165) is 5.56 Å². The first kappa shape index (κ1) is 11.3. The third kappa shape index (κ3) is 2.90. The standard InChI is InChI=1S/C12H11FN2O2/c13-10-3-1-9(2-4-10)7-11-14-5-6-15(11)8-12(16)17/h1-6H,7-8H2,(H,16,17). The molecule has 0 aliphatic carbocycles. The molecular formula is C12H11FN2O2. The second kappa shape index (κ2) is 4.78. The molecule has 1 aromatic carbocycles. The molecule has 0 aliphatic heterocycles. The van der Waals surface area contributed by atoms with Gasteiger partial charge in [0.05, 0.1) is 0 Å². The van der Waals surface area contributed by atoms with Crippen LogP contribution in [0.25, 0.3) is 0 Å². The fourth-order valence-electron chi connectivity index (χ4n) is 1.58. The minimum absolute atomic E-state index is 0.115. The van der Waals surface area contributed by atoms with Crippen LogP contribution in [0, 0.1) is 5.82 Å². The highest BCUT2D eigenvalue weighted by atomic mass is 19.1. The number of halogens is 1. The summed E-state index contributed by atoms with van der Waals surface area (Å²) in [7, 11) is 0. The van der Waals surface area contributed by atoms with Crippen molar-refractivity contribution in [2.24, 2.45) is 0 Å². The molecule has 0 amide bonds. The van der Waals surface area contributed by atoms with E-state index in [1.54, 1.807) is 29.1 Å². The lowest BCUT2D eigenvalue weighted by Crippen LogP contribution is -2.11. The van der Waals surface area contributed by atoms with Crippen molar-refractivity contribution >= 4 is 5.97 Å². The minimum Gasteiger partial charge on any atom is -0.480 e. The predicted molar refractivity (Wildman–Crippen MR) is 59.1 cm³/mol. The van der Waals surface area contributed by atoms with Crippen LogP contribution in [0.5, 0.6) is 0 Å². The van der Waals surface area contributed by atoms with Gasteiger partial charge in [0.2, 0.25) is 0 Å². The Morgan fingerprint density at radius 3 is 2.71 bits per heavy atom. The molecule has 0 aliphatic rings. The van der Waals surface area contributed by atoms with E-state index in [-0.39, 0.29) is 12.4 Å². The average Bonchev–Trinajstić information content (AvgIpc) is 2.68. The van der Waals surface area contributed by atoms with Crippen LogP contribution >= 0.6 is 0 Å². The van der Waals surface area contributed by atoms with Crippen molar-refractivity contribution in [2.45, 2.75) is 13.0 Å². The average molecular weight is 234 g/mol. The Morgan fingerprint density at radius 1 is 1.35 bits per heavy atom. The van der Waals surface area contributed by atoms with Gasteiger partial charge in [-0.25, -0.2) is 9.37 Å². The van der Waals surface area contributed by atoms with Gasteiger partial charge in [-0.2, -0.15) is 0 Å². The van der Waals surface area contributed by atoms with Crippen molar-refractivity contribution in [3.63, 3.8) is 0 Å². The number of aromatic nitrogens is 2. The number of rotatable bonds is 4. The van der Waals surface area contributed by atoms with Crippen molar-refractivity contribution in [1.82, 2.24) is 9.55 Å². The monoisotopic (exact) mass is 234 g/mol. The topological polar surface area (TPSA) is 55.1 Å². The maximum atomic E-state index is 12.7. The highest BCUT2D eigenvalue weighted by Crippen LogP contribution is 2.09. The van der Waals surface area contributed by atoms with Gasteiger partial charge in [-0.1, -0.05) is 12.1 Å². The molecule has 5 heteroatoms. The molecule has 0 saturated heterocycles. The summed E-state index contributed by atoms with van der Waals surface area (Å²) in [5.41, 5.74) is 0.893. The van der Waals surface area contributed by atoms with Crippen LogP contribution < -0.4 is 0 Å². The fourth-order valence-corrected chi connectivity index (χ4v) is 1.58. The van der Waals surface area contributed by atoms with Gasteiger partial charge in [0.25, 0.3) is 0 Å². The number of carbonyl (C=O) groups is 1. The Labute approximate surface area is 97.3 Å². The molecule has 88 valence electrons. The second-order valence-electron chi connectivity index (χ2n) is 3.67. The van der Waals surface area contributed by atoms with Crippen molar-refractivity contribution in [1.29, 1.82) is 0 Å². The Morgan fingerprint density at radius 2 is 2.06 bits per heavy atom. The van der Waals surface area contributed by atoms with Crippen molar-refractivity contribution in [2.75, 3.05) is 0 Å². The summed E-state index contributed by atoms with van der Waals surface area (Å²) in [6, 6.07) is 6.07. The van der Waals surface area contributed by atoms with E-state index in [0.29, 0.717) is 12.2 Å². The minimum atomic E-state index is -0.914.